The fourth-order valence-electron chi connectivity index (χ4n) is 8.28. The molecule has 0 N–H and O–H groups in total. The van der Waals surface area contributed by atoms with Crippen LogP contribution in [0.3, 0.4) is 0 Å². The Morgan fingerprint density at radius 1 is 0.608 bits per heavy atom. The van der Waals surface area contributed by atoms with E-state index in [4.69, 9.17) is 15.9 Å². The van der Waals surface area contributed by atoms with E-state index in [2.05, 4.69) is 121 Å². The van der Waals surface area contributed by atoms with Crippen LogP contribution < -0.4 is 9.80 Å². The van der Waals surface area contributed by atoms with Gasteiger partial charge in [0.2, 0.25) is 0 Å². The summed E-state index contributed by atoms with van der Waals surface area (Å²) in [5.41, 5.74) is 13.0. The summed E-state index contributed by atoms with van der Waals surface area (Å²) in [6, 6.07) is 10.3. The van der Waals surface area contributed by atoms with E-state index in [1.807, 2.05) is 17.0 Å². The molecule has 0 amide bonds. The molecular weight excluding hydrogens is 739 g/mol. The lowest BCUT2D eigenvalue weighted by atomic mass is 10.2. The monoisotopic (exact) mass is 802 g/mol. The van der Waals surface area contributed by atoms with Gasteiger partial charge >= 0.3 is 0 Å². The summed E-state index contributed by atoms with van der Waals surface area (Å²) < 4.78 is 39.2. The van der Waals surface area contributed by atoms with E-state index in [-0.39, 0.29) is 11.6 Å². The van der Waals surface area contributed by atoms with Crippen LogP contribution in [0.25, 0.3) is 0 Å². The minimum atomic E-state index is -1.77. The average molecular weight is 804 g/mol. The summed E-state index contributed by atoms with van der Waals surface area (Å²) in [7, 11) is -3.24. The number of terminal acetylenes is 1. The zero-order valence-corrected chi connectivity index (χ0v) is 37.1. The topological polar surface area (TPSA) is 24.9 Å². The van der Waals surface area contributed by atoms with Crippen molar-refractivity contribution >= 4 is 43.5 Å². The summed E-state index contributed by atoms with van der Waals surface area (Å²) in [6.45, 7) is 33.2. The number of nitrogens with zero attached hydrogens (tertiary/aromatic N) is 2. The smallest absolute Gasteiger partial charge is 0.146 e. The van der Waals surface area contributed by atoms with Gasteiger partial charge in [0.25, 0.3) is 0 Å². The normalized spacial score (nSPS) is 15.4. The molecule has 2 aliphatic rings. The second-order valence-electron chi connectivity index (χ2n) is 15.6. The zero-order chi connectivity index (χ0) is 38.5. The van der Waals surface area contributed by atoms with Gasteiger partial charge in [-0.25, -0.2) is 8.78 Å². The molecule has 0 saturated carbocycles. The van der Waals surface area contributed by atoms with Crippen LogP contribution >= 0.6 is 15.9 Å². The van der Waals surface area contributed by atoms with Crippen molar-refractivity contribution in [3.63, 3.8) is 0 Å². The van der Waals surface area contributed by atoms with E-state index < -0.39 is 16.1 Å². The SMILES string of the molecule is C#C[Si](C(C)C)(C(C)C)C(C)C.CC(C)[Si](C#Cc1ccc(F)c(N2CCOCC2)c1)(C(C)C)C(C)C.Fc1ccc(Br)cc1N1CCOCC1. The average Bonchev–Trinajstić information content (AvgIpc) is 3.08. The van der Waals surface area contributed by atoms with Gasteiger partial charge in [-0.3, -0.25) is 0 Å². The maximum Gasteiger partial charge on any atom is 0.146 e. The molecule has 0 aromatic heterocycles. The fraction of sp³-hybridized carbons (Fsp3) is 0.619. The lowest BCUT2D eigenvalue weighted by Crippen LogP contribution is -2.43. The highest BCUT2D eigenvalue weighted by Crippen LogP contribution is 2.41. The van der Waals surface area contributed by atoms with E-state index in [1.54, 1.807) is 18.2 Å². The maximum atomic E-state index is 14.3. The predicted octanol–water partition coefficient (Wildman–Crippen LogP) is 11.5. The molecule has 4 rings (SSSR count). The summed E-state index contributed by atoms with van der Waals surface area (Å²) in [6.07, 6.45) is 5.72. The first-order chi connectivity index (χ1) is 23.9. The Bertz CT molecular complexity index is 1420. The lowest BCUT2D eigenvalue weighted by molar-refractivity contribution is 0.122. The maximum absolute atomic E-state index is 14.3. The molecule has 2 aromatic carbocycles. The summed E-state index contributed by atoms with van der Waals surface area (Å²) in [5, 5.41) is 0. The standard InChI is InChI=1S/C21H32FNOSi.C11H22Si.C10H11BrFNO/c1-16(2)25(17(3)4,18(5)6)14-9-19-7-8-20(22)21(15-19)23-10-12-24-13-11-23;1-8-12(9(2)3,10(4)5)11(6)7;11-8-1-2-9(12)10(7-8)13-3-5-14-6-4-13/h7-8,15-18H,10-13H2,1-6H3;1,9-11H,2-7H3;1-2,7H,3-6H2. The molecule has 4 nitrogen and oxygen atoms in total. The molecule has 0 atom stereocenters. The Labute approximate surface area is 320 Å². The van der Waals surface area contributed by atoms with Crippen molar-refractivity contribution in [3.05, 3.63) is 58.1 Å². The first kappa shape index (κ1) is 45.0. The van der Waals surface area contributed by atoms with Gasteiger partial charge in [0.1, 0.15) is 27.8 Å². The van der Waals surface area contributed by atoms with Crippen molar-refractivity contribution in [3.8, 4) is 23.4 Å². The third-order valence-corrected chi connectivity index (χ3v) is 24.0. The van der Waals surface area contributed by atoms with Crippen molar-refractivity contribution in [1.82, 2.24) is 0 Å². The Morgan fingerprint density at radius 3 is 1.33 bits per heavy atom. The highest BCUT2D eigenvalue weighted by molar-refractivity contribution is 9.10. The molecule has 9 heteroatoms. The number of hydrogen-bond acceptors (Lipinski definition) is 4. The third-order valence-electron chi connectivity index (χ3n) is 11.0. The van der Waals surface area contributed by atoms with E-state index in [9.17, 15) is 8.78 Å². The van der Waals surface area contributed by atoms with Gasteiger partial charge in [0.05, 0.1) is 37.8 Å². The van der Waals surface area contributed by atoms with Gasteiger partial charge in [-0.15, -0.1) is 17.5 Å². The second kappa shape index (κ2) is 20.9. The largest absolute Gasteiger partial charge is 0.378 e. The predicted molar refractivity (Wildman–Crippen MR) is 224 cm³/mol. The van der Waals surface area contributed by atoms with Crippen molar-refractivity contribution in [2.75, 3.05) is 62.4 Å². The van der Waals surface area contributed by atoms with Crippen LogP contribution in [-0.2, 0) is 9.47 Å². The van der Waals surface area contributed by atoms with Gasteiger partial charge in [-0.2, -0.15) is 0 Å². The Hall–Kier alpha value is -2.15. The van der Waals surface area contributed by atoms with Crippen LogP contribution in [0.15, 0.2) is 40.9 Å². The quantitative estimate of drug-likeness (QED) is 0.196. The molecule has 0 spiro atoms. The molecule has 2 aliphatic heterocycles. The van der Waals surface area contributed by atoms with Gasteiger partial charge in [-0.05, 0) is 69.6 Å². The number of benzene rings is 2. The molecule has 2 fully saturated rings. The number of ether oxygens (including phenoxy) is 2. The van der Waals surface area contributed by atoms with Gasteiger partial charge < -0.3 is 19.3 Å². The number of rotatable bonds is 8. The number of anilines is 2. The number of hydrogen-bond donors (Lipinski definition) is 0. The van der Waals surface area contributed by atoms with E-state index in [1.165, 1.54) is 6.07 Å². The zero-order valence-electron chi connectivity index (χ0n) is 33.5. The summed E-state index contributed by atoms with van der Waals surface area (Å²) in [4.78, 5) is 4.06. The summed E-state index contributed by atoms with van der Waals surface area (Å²) in [5.74, 6) is 3.08. The van der Waals surface area contributed by atoms with Crippen LogP contribution in [0, 0.1) is 35.1 Å². The first-order valence-corrected chi connectivity index (χ1v) is 24.1. The first-order valence-electron chi connectivity index (χ1n) is 18.9. The van der Waals surface area contributed by atoms with Gasteiger partial charge in [0, 0.05) is 36.2 Å². The van der Waals surface area contributed by atoms with Crippen LogP contribution in [0.2, 0.25) is 33.2 Å². The molecule has 2 heterocycles. The number of morpholine rings is 2. The van der Waals surface area contributed by atoms with Crippen molar-refractivity contribution < 1.29 is 18.3 Å². The van der Waals surface area contributed by atoms with E-state index >= 15 is 0 Å². The Kier molecular flexibility index (Phi) is 18.5. The minimum absolute atomic E-state index is 0.171. The molecule has 0 radical (unpaired) electrons. The van der Waals surface area contributed by atoms with Crippen molar-refractivity contribution in [2.45, 2.75) is 116 Å². The van der Waals surface area contributed by atoms with Crippen molar-refractivity contribution in [1.29, 1.82) is 0 Å². The molecule has 2 aromatic rings. The highest BCUT2D eigenvalue weighted by Gasteiger charge is 2.42. The highest BCUT2D eigenvalue weighted by atomic mass is 79.9. The molecule has 51 heavy (non-hydrogen) atoms. The lowest BCUT2D eigenvalue weighted by Gasteiger charge is -2.38. The molecule has 2 saturated heterocycles. The third kappa shape index (κ3) is 11.7. The number of halogens is 3. The van der Waals surface area contributed by atoms with Crippen LogP contribution in [0.4, 0.5) is 20.2 Å². The van der Waals surface area contributed by atoms with Gasteiger partial charge in [0.15, 0.2) is 0 Å². The minimum Gasteiger partial charge on any atom is -0.378 e. The van der Waals surface area contributed by atoms with Crippen LogP contribution in [0.1, 0.15) is 88.6 Å². The van der Waals surface area contributed by atoms with Crippen LogP contribution in [-0.4, -0.2) is 68.8 Å². The second-order valence-corrected chi connectivity index (χ2v) is 27.8. The Morgan fingerprint density at radius 2 is 0.980 bits per heavy atom. The molecule has 0 aliphatic carbocycles. The molecule has 0 bridgehead atoms. The van der Waals surface area contributed by atoms with Crippen LogP contribution in [0.5, 0.6) is 0 Å². The molecule has 0 unspecified atom stereocenters. The van der Waals surface area contributed by atoms with Gasteiger partial charge in [-0.1, -0.05) is 105 Å². The fourth-order valence-corrected chi connectivity index (χ4v) is 18.9. The summed E-state index contributed by atoms with van der Waals surface area (Å²) >= 11 is 3.34. The van der Waals surface area contributed by atoms with E-state index in [0.717, 1.165) is 36.2 Å². The Balaban J connectivity index is 0.000000292. The van der Waals surface area contributed by atoms with E-state index in [0.29, 0.717) is 71.0 Å². The van der Waals surface area contributed by atoms with Crippen molar-refractivity contribution in [2.24, 2.45) is 0 Å². The molecule has 284 valence electrons. The molecular formula is C42H65BrF2N2O2Si2.